The van der Waals surface area contributed by atoms with Crippen molar-refractivity contribution in [3.05, 3.63) is 99.2 Å². The molecular formula is C29H28N6O6S. The molecule has 0 radical (unpaired) electrons. The van der Waals surface area contributed by atoms with E-state index in [0.717, 1.165) is 11.1 Å². The number of nitro benzene ring substituents is 1. The van der Waals surface area contributed by atoms with Gasteiger partial charge in [-0.1, -0.05) is 42.1 Å². The lowest BCUT2D eigenvalue weighted by Gasteiger charge is -2.29. The zero-order chi connectivity index (χ0) is 29.8. The molecule has 2 N–H and O–H groups in total. The number of methoxy groups -OCH3 is 3. The Morgan fingerprint density at radius 1 is 1.02 bits per heavy atom. The van der Waals surface area contributed by atoms with Gasteiger partial charge >= 0.3 is 0 Å². The Hall–Kier alpha value is -5.04. The zero-order valence-electron chi connectivity index (χ0n) is 23.3. The number of nitrogens with one attached hydrogen (secondary N) is 2. The van der Waals surface area contributed by atoms with Crippen molar-refractivity contribution >= 4 is 35.0 Å². The first-order valence-electron chi connectivity index (χ1n) is 12.8. The predicted octanol–water partition coefficient (Wildman–Crippen LogP) is 5.43. The predicted molar refractivity (Wildman–Crippen MR) is 158 cm³/mol. The summed E-state index contributed by atoms with van der Waals surface area (Å²) in [7, 11) is 4.65. The normalized spacial score (nSPS) is 14.0. The van der Waals surface area contributed by atoms with Crippen LogP contribution in [0.3, 0.4) is 0 Å². The summed E-state index contributed by atoms with van der Waals surface area (Å²) in [4.78, 5) is 29.1. The molecule has 1 aliphatic heterocycles. The van der Waals surface area contributed by atoms with Gasteiger partial charge in [0, 0.05) is 23.6 Å². The molecule has 1 unspecified atom stereocenters. The highest BCUT2D eigenvalue weighted by molar-refractivity contribution is 7.98. The van der Waals surface area contributed by atoms with Crippen LogP contribution in [0.4, 0.5) is 17.3 Å². The number of ether oxygens (including phenoxy) is 3. The van der Waals surface area contributed by atoms with Crippen LogP contribution in [0.5, 0.6) is 17.2 Å². The third kappa shape index (κ3) is 5.72. The van der Waals surface area contributed by atoms with Crippen LogP contribution in [0.25, 0.3) is 0 Å². The first-order valence-corrected chi connectivity index (χ1v) is 13.8. The van der Waals surface area contributed by atoms with Crippen LogP contribution >= 0.6 is 11.8 Å². The summed E-state index contributed by atoms with van der Waals surface area (Å²) in [6.07, 6.45) is 0. The lowest BCUT2D eigenvalue weighted by Crippen LogP contribution is -2.31. The first-order chi connectivity index (χ1) is 20.3. The van der Waals surface area contributed by atoms with Crippen molar-refractivity contribution in [2.24, 2.45) is 0 Å². The van der Waals surface area contributed by atoms with E-state index in [1.54, 1.807) is 56.3 Å². The molecule has 42 heavy (non-hydrogen) atoms. The summed E-state index contributed by atoms with van der Waals surface area (Å²) in [5.41, 5.74) is 3.21. The van der Waals surface area contributed by atoms with Gasteiger partial charge in [0.05, 0.1) is 37.5 Å². The van der Waals surface area contributed by atoms with Crippen LogP contribution in [0.15, 0.2) is 83.2 Å². The van der Waals surface area contributed by atoms with Gasteiger partial charge in [0.2, 0.25) is 11.1 Å². The van der Waals surface area contributed by atoms with Gasteiger partial charge in [0.15, 0.2) is 11.5 Å². The summed E-state index contributed by atoms with van der Waals surface area (Å²) in [6.45, 7) is 1.81. The number of hydrogen-bond donors (Lipinski definition) is 2. The summed E-state index contributed by atoms with van der Waals surface area (Å²) in [6, 6.07) is 18.3. The van der Waals surface area contributed by atoms with Crippen molar-refractivity contribution in [2.45, 2.75) is 23.9 Å². The van der Waals surface area contributed by atoms with Crippen LogP contribution in [0.2, 0.25) is 0 Å². The highest BCUT2D eigenvalue weighted by Crippen LogP contribution is 2.40. The van der Waals surface area contributed by atoms with E-state index >= 15 is 0 Å². The number of non-ortho nitro benzene ring substituents is 1. The molecule has 1 aliphatic rings. The van der Waals surface area contributed by atoms with Gasteiger partial charge in [0.25, 0.3) is 11.6 Å². The van der Waals surface area contributed by atoms with Gasteiger partial charge in [-0.2, -0.15) is 4.98 Å². The largest absolute Gasteiger partial charge is 0.495 e. The number of nitrogens with zero attached hydrogens (tertiary/aromatic N) is 4. The summed E-state index contributed by atoms with van der Waals surface area (Å²) >= 11 is 1.38. The van der Waals surface area contributed by atoms with Gasteiger partial charge in [-0.25, -0.2) is 4.68 Å². The molecule has 12 nitrogen and oxygen atoms in total. The summed E-state index contributed by atoms with van der Waals surface area (Å²) < 4.78 is 18.1. The van der Waals surface area contributed by atoms with Gasteiger partial charge in [-0.3, -0.25) is 14.9 Å². The maximum Gasteiger partial charge on any atom is 0.269 e. The number of benzene rings is 3. The number of carbonyl (C=O) groups is 1. The molecule has 0 bridgehead atoms. The molecule has 0 saturated heterocycles. The molecular weight excluding hydrogens is 560 g/mol. The highest BCUT2D eigenvalue weighted by atomic mass is 32.2. The summed E-state index contributed by atoms with van der Waals surface area (Å²) in [5.74, 6) is 2.20. The number of hydrogen-bond acceptors (Lipinski definition) is 10. The first kappa shape index (κ1) is 28.5. The third-order valence-electron chi connectivity index (χ3n) is 6.67. The number of para-hydroxylation sites is 2. The van der Waals surface area contributed by atoms with Crippen LogP contribution in [0, 0.1) is 10.1 Å². The van der Waals surface area contributed by atoms with E-state index in [1.165, 1.54) is 23.9 Å². The zero-order valence-corrected chi connectivity index (χ0v) is 24.1. The van der Waals surface area contributed by atoms with Crippen LogP contribution < -0.4 is 24.8 Å². The number of allylic oxidation sites excluding steroid dienone is 1. The van der Waals surface area contributed by atoms with Crippen molar-refractivity contribution in [1.29, 1.82) is 0 Å². The Balaban J connectivity index is 1.51. The molecule has 216 valence electrons. The van der Waals surface area contributed by atoms with Crippen LogP contribution in [-0.2, 0) is 10.5 Å². The number of amides is 1. The second-order valence-electron chi connectivity index (χ2n) is 9.21. The minimum atomic E-state index is -0.656. The molecule has 3 aromatic carbocycles. The number of rotatable bonds is 10. The molecule has 0 spiro atoms. The highest BCUT2D eigenvalue weighted by Gasteiger charge is 2.35. The Bertz CT molecular complexity index is 1670. The molecule has 0 aliphatic carbocycles. The van der Waals surface area contributed by atoms with Gasteiger partial charge in [0.1, 0.15) is 11.8 Å². The number of fused-ring (bicyclic) bond motifs is 1. The van der Waals surface area contributed by atoms with E-state index in [0.29, 0.717) is 51.1 Å². The number of aromatic nitrogens is 3. The van der Waals surface area contributed by atoms with Crippen molar-refractivity contribution in [3.8, 4) is 17.2 Å². The Kier molecular flexibility index (Phi) is 8.29. The minimum absolute atomic E-state index is 0.0294. The van der Waals surface area contributed by atoms with Crippen molar-refractivity contribution in [3.63, 3.8) is 0 Å². The second kappa shape index (κ2) is 12.2. The Morgan fingerprint density at radius 2 is 1.74 bits per heavy atom. The summed E-state index contributed by atoms with van der Waals surface area (Å²) in [5, 5.41) is 22.4. The average molecular weight is 589 g/mol. The molecule has 1 aromatic heterocycles. The van der Waals surface area contributed by atoms with Crippen molar-refractivity contribution < 1.29 is 23.9 Å². The molecule has 5 rings (SSSR count). The molecule has 13 heteroatoms. The second-order valence-corrected chi connectivity index (χ2v) is 10.2. The lowest BCUT2D eigenvalue weighted by atomic mass is 9.94. The SMILES string of the molecule is COc1ccccc1NC(=O)C1=C(C)Nc2nc(SCc3ccc([N+](=O)[O-])cc3)nn2C1c1ccc(OC)c(OC)c1. The fourth-order valence-corrected chi connectivity index (χ4v) is 5.40. The number of carbonyl (C=O) groups excluding carboxylic acids is 1. The van der Waals surface area contributed by atoms with E-state index in [-0.39, 0.29) is 11.6 Å². The molecule has 1 atom stereocenters. The standard InChI is InChI=1S/C29H28N6O6S/c1-17-25(27(36)31-21-7-5-6-8-22(21)39-2)26(19-11-14-23(40-3)24(15-19)41-4)34-28(30-17)32-29(33-34)42-16-18-9-12-20(13-10-18)35(37)38/h5-15,26H,16H2,1-4H3,(H,31,36)(H,30,32,33). The lowest BCUT2D eigenvalue weighted by molar-refractivity contribution is -0.384. The molecule has 2 heterocycles. The average Bonchev–Trinajstić information content (AvgIpc) is 3.41. The minimum Gasteiger partial charge on any atom is -0.495 e. The molecule has 1 amide bonds. The molecule has 0 saturated carbocycles. The third-order valence-corrected chi connectivity index (χ3v) is 7.58. The van der Waals surface area contributed by atoms with E-state index in [9.17, 15) is 14.9 Å². The number of nitro groups is 1. The van der Waals surface area contributed by atoms with Crippen LogP contribution in [0.1, 0.15) is 24.1 Å². The smallest absolute Gasteiger partial charge is 0.269 e. The van der Waals surface area contributed by atoms with E-state index < -0.39 is 11.0 Å². The van der Waals surface area contributed by atoms with Crippen LogP contribution in [-0.4, -0.2) is 46.9 Å². The van der Waals surface area contributed by atoms with E-state index in [2.05, 4.69) is 15.6 Å². The van der Waals surface area contributed by atoms with Gasteiger partial charge in [-0.15, -0.1) is 5.10 Å². The topological polar surface area (TPSA) is 143 Å². The van der Waals surface area contributed by atoms with Crippen molar-refractivity contribution in [2.75, 3.05) is 32.0 Å². The monoisotopic (exact) mass is 588 g/mol. The van der Waals surface area contributed by atoms with Crippen molar-refractivity contribution in [1.82, 2.24) is 14.8 Å². The molecule has 0 fully saturated rings. The maximum absolute atomic E-state index is 13.9. The van der Waals surface area contributed by atoms with E-state index in [4.69, 9.17) is 19.3 Å². The van der Waals surface area contributed by atoms with E-state index in [1.807, 2.05) is 31.2 Å². The fourth-order valence-electron chi connectivity index (χ4n) is 4.62. The Labute approximate surface area is 245 Å². The maximum atomic E-state index is 13.9. The van der Waals surface area contributed by atoms with Gasteiger partial charge < -0.3 is 24.8 Å². The Morgan fingerprint density at radius 3 is 2.43 bits per heavy atom. The van der Waals surface area contributed by atoms with Gasteiger partial charge in [-0.05, 0) is 42.3 Å². The fraction of sp³-hybridized carbons (Fsp3) is 0.207. The molecule has 4 aromatic rings. The number of thioether (sulfide) groups is 1. The quantitative estimate of drug-likeness (QED) is 0.140. The number of anilines is 2.